The number of carbonyl (C=O) groups excluding carboxylic acids is 1. The number of hydrogen-bond acceptors (Lipinski definition) is 5. The molecule has 5 nitrogen and oxygen atoms in total. The Balaban J connectivity index is 1.68. The third-order valence-electron chi connectivity index (χ3n) is 3.84. The van der Waals surface area contributed by atoms with E-state index < -0.39 is 5.60 Å². The number of benzene rings is 2. The highest BCUT2D eigenvalue weighted by Crippen LogP contribution is 2.27. The lowest BCUT2D eigenvalue weighted by atomic mass is 10.1. The lowest BCUT2D eigenvalue weighted by Gasteiger charge is -2.24. The molecule has 1 aromatic heterocycles. The van der Waals surface area contributed by atoms with Crippen molar-refractivity contribution in [2.75, 3.05) is 12.4 Å². The van der Waals surface area contributed by atoms with Crippen LogP contribution in [0.15, 0.2) is 53.9 Å². The molecule has 0 saturated heterocycles. The van der Waals surface area contributed by atoms with Gasteiger partial charge in [-0.3, -0.25) is 10.1 Å². The highest BCUT2D eigenvalue weighted by molar-refractivity contribution is 7.14. The van der Waals surface area contributed by atoms with Gasteiger partial charge in [-0.05, 0) is 62.4 Å². The molecule has 3 rings (SSSR count). The van der Waals surface area contributed by atoms with Crippen molar-refractivity contribution in [3.05, 3.63) is 59.7 Å². The number of nitrogens with zero attached hydrogens (tertiary/aromatic N) is 1. The number of anilines is 1. The summed E-state index contributed by atoms with van der Waals surface area (Å²) in [5.41, 5.74) is 0.536. The van der Waals surface area contributed by atoms with Crippen LogP contribution < -0.4 is 14.8 Å². The number of aromatic nitrogens is 1. The molecule has 0 bridgehead atoms. The van der Waals surface area contributed by atoms with Crippen LogP contribution in [-0.4, -0.2) is 23.6 Å². The zero-order valence-electron chi connectivity index (χ0n) is 15.2. The van der Waals surface area contributed by atoms with Crippen molar-refractivity contribution in [2.45, 2.75) is 19.4 Å². The molecule has 3 aromatic rings. The molecule has 0 aliphatic carbocycles. The second-order valence-corrected chi connectivity index (χ2v) is 7.14. The molecule has 0 unspecified atom stereocenters. The summed E-state index contributed by atoms with van der Waals surface area (Å²) in [7, 11) is 1.61. The molecule has 140 valence electrons. The summed E-state index contributed by atoms with van der Waals surface area (Å²) >= 11 is 1.33. The first-order chi connectivity index (χ1) is 12.9. The standard InChI is InChI=1S/C20H19FN2O3S/c1-20(2,26-16-10-6-14(21)7-11-16)18(24)23-19-22-17(12-27-19)13-4-8-15(25-3)9-5-13/h4-12H,1-3H3,(H,22,23,24). The van der Waals surface area contributed by atoms with Crippen LogP contribution in [0.4, 0.5) is 9.52 Å². The summed E-state index contributed by atoms with van der Waals surface area (Å²) in [6, 6.07) is 13.0. The molecule has 0 atom stereocenters. The first-order valence-electron chi connectivity index (χ1n) is 8.23. The van der Waals surface area contributed by atoms with Crippen molar-refractivity contribution < 1.29 is 18.7 Å². The van der Waals surface area contributed by atoms with Gasteiger partial charge in [-0.15, -0.1) is 11.3 Å². The number of methoxy groups -OCH3 is 1. The maximum absolute atomic E-state index is 13.0. The van der Waals surface area contributed by atoms with Crippen LogP contribution in [0.1, 0.15) is 13.8 Å². The quantitative estimate of drug-likeness (QED) is 0.664. The fourth-order valence-electron chi connectivity index (χ4n) is 2.32. The smallest absolute Gasteiger partial charge is 0.269 e. The Morgan fingerprint density at radius 1 is 1.07 bits per heavy atom. The van der Waals surface area contributed by atoms with Gasteiger partial charge in [0, 0.05) is 10.9 Å². The van der Waals surface area contributed by atoms with E-state index in [2.05, 4.69) is 10.3 Å². The molecular weight excluding hydrogens is 367 g/mol. The molecule has 2 aromatic carbocycles. The third kappa shape index (κ3) is 4.62. The molecule has 0 spiro atoms. The van der Waals surface area contributed by atoms with Gasteiger partial charge in [0.25, 0.3) is 5.91 Å². The molecule has 0 saturated carbocycles. The summed E-state index contributed by atoms with van der Waals surface area (Å²) < 4.78 is 23.8. The number of carbonyl (C=O) groups is 1. The second-order valence-electron chi connectivity index (χ2n) is 6.29. The van der Waals surface area contributed by atoms with Gasteiger partial charge in [0.15, 0.2) is 10.7 Å². The van der Waals surface area contributed by atoms with Crippen molar-refractivity contribution in [1.82, 2.24) is 4.98 Å². The van der Waals surface area contributed by atoms with E-state index in [1.165, 1.54) is 35.6 Å². The number of thiazole rings is 1. The van der Waals surface area contributed by atoms with Crippen LogP contribution in [0.3, 0.4) is 0 Å². The lowest BCUT2D eigenvalue weighted by molar-refractivity contribution is -0.128. The zero-order chi connectivity index (χ0) is 19.4. The van der Waals surface area contributed by atoms with Gasteiger partial charge >= 0.3 is 0 Å². The maximum atomic E-state index is 13.0. The van der Waals surface area contributed by atoms with Crippen molar-refractivity contribution in [2.24, 2.45) is 0 Å². The maximum Gasteiger partial charge on any atom is 0.269 e. The second kappa shape index (κ2) is 7.75. The van der Waals surface area contributed by atoms with E-state index in [4.69, 9.17) is 9.47 Å². The zero-order valence-corrected chi connectivity index (χ0v) is 16.0. The minimum absolute atomic E-state index is 0.345. The molecule has 0 aliphatic heterocycles. The number of hydrogen-bond donors (Lipinski definition) is 1. The molecule has 1 heterocycles. The molecule has 1 amide bonds. The number of nitrogens with one attached hydrogen (secondary N) is 1. The number of halogens is 1. The van der Waals surface area contributed by atoms with E-state index in [9.17, 15) is 9.18 Å². The van der Waals surface area contributed by atoms with Gasteiger partial charge in [-0.2, -0.15) is 0 Å². The molecular formula is C20H19FN2O3S. The van der Waals surface area contributed by atoms with E-state index in [-0.39, 0.29) is 11.7 Å². The molecule has 7 heteroatoms. The SMILES string of the molecule is COc1ccc(-c2csc(NC(=O)C(C)(C)Oc3ccc(F)cc3)n2)cc1. The fourth-order valence-corrected chi connectivity index (χ4v) is 3.03. The summed E-state index contributed by atoms with van der Waals surface area (Å²) in [6.07, 6.45) is 0. The predicted octanol–water partition coefficient (Wildman–Crippen LogP) is 4.75. The monoisotopic (exact) mass is 386 g/mol. The van der Waals surface area contributed by atoms with Crippen LogP contribution in [0.2, 0.25) is 0 Å². The van der Waals surface area contributed by atoms with Crippen molar-refractivity contribution in [1.29, 1.82) is 0 Å². The summed E-state index contributed by atoms with van der Waals surface area (Å²) in [6.45, 7) is 3.29. The van der Waals surface area contributed by atoms with E-state index in [1.807, 2.05) is 29.6 Å². The van der Waals surface area contributed by atoms with Crippen molar-refractivity contribution >= 4 is 22.4 Å². The third-order valence-corrected chi connectivity index (χ3v) is 4.60. The number of rotatable bonds is 6. The Morgan fingerprint density at radius 2 is 1.70 bits per heavy atom. The fraction of sp³-hybridized carbons (Fsp3) is 0.200. The molecule has 0 aliphatic rings. The van der Waals surface area contributed by atoms with Gasteiger partial charge in [0.05, 0.1) is 12.8 Å². The average molecular weight is 386 g/mol. The molecule has 0 fully saturated rings. The van der Waals surface area contributed by atoms with Gasteiger partial charge in [0.2, 0.25) is 0 Å². The topological polar surface area (TPSA) is 60.5 Å². The largest absolute Gasteiger partial charge is 0.497 e. The Hall–Kier alpha value is -2.93. The highest BCUT2D eigenvalue weighted by atomic mass is 32.1. The first kappa shape index (κ1) is 18.8. The lowest BCUT2D eigenvalue weighted by Crippen LogP contribution is -2.42. The number of ether oxygens (including phenoxy) is 2. The Kier molecular flexibility index (Phi) is 5.41. The van der Waals surface area contributed by atoms with Crippen molar-refractivity contribution in [3.8, 4) is 22.8 Å². The minimum atomic E-state index is -1.15. The molecule has 1 N–H and O–H groups in total. The van der Waals surface area contributed by atoms with E-state index in [0.29, 0.717) is 10.9 Å². The van der Waals surface area contributed by atoms with Crippen LogP contribution in [-0.2, 0) is 4.79 Å². The normalized spacial score (nSPS) is 11.1. The van der Waals surface area contributed by atoms with Crippen LogP contribution in [0.5, 0.6) is 11.5 Å². The Morgan fingerprint density at radius 3 is 2.33 bits per heavy atom. The summed E-state index contributed by atoms with van der Waals surface area (Å²) in [4.78, 5) is 17.0. The Labute approximate surface area is 160 Å². The van der Waals surface area contributed by atoms with Gasteiger partial charge in [-0.25, -0.2) is 9.37 Å². The summed E-state index contributed by atoms with van der Waals surface area (Å²) in [5, 5.41) is 5.11. The Bertz CT molecular complexity index is 921. The van der Waals surface area contributed by atoms with E-state index >= 15 is 0 Å². The highest BCUT2D eigenvalue weighted by Gasteiger charge is 2.30. The molecule has 0 radical (unpaired) electrons. The van der Waals surface area contributed by atoms with Crippen LogP contribution >= 0.6 is 11.3 Å². The minimum Gasteiger partial charge on any atom is -0.497 e. The average Bonchev–Trinajstić information content (AvgIpc) is 3.12. The first-order valence-corrected chi connectivity index (χ1v) is 9.11. The van der Waals surface area contributed by atoms with E-state index in [1.54, 1.807) is 21.0 Å². The summed E-state index contributed by atoms with van der Waals surface area (Å²) in [5.74, 6) is 0.470. The number of amides is 1. The van der Waals surface area contributed by atoms with Gasteiger partial charge in [0.1, 0.15) is 17.3 Å². The van der Waals surface area contributed by atoms with Crippen LogP contribution in [0, 0.1) is 5.82 Å². The van der Waals surface area contributed by atoms with E-state index in [0.717, 1.165) is 17.0 Å². The van der Waals surface area contributed by atoms with Gasteiger partial charge in [-0.1, -0.05) is 0 Å². The van der Waals surface area contributed by atoms with Gasteiger partial charge < -0.3 is 9.47 Å². The van der Waals surface area contributed by atoms with Crippen molar-refractivity contribution in [3.63, 3.8) is 0 Å². The predicted molar refractivity (Wildman–Crippen MR) is 104 cm³/mol. The van der Waals surface area contributed by atoms with Crippen LogP contribution in [0.25, 0.3) is 11.3 Å². The molecule has 27 heavy (non-hydrogen) atoms.